The van der Waals surface area contributed by atoms with Crippen molar-refractivity contribution in [1.82, 2.24) is 9.97 Å². The summed E-state index contributed by atoms with van der Waals surface area (Å²) in [5, 5.41) is 4.82. The summed E-state index contributed by atoms with van der Waals surface area (Å²) in [5.74, 6) is 0.559. The molecule has 1 N–H and O–H groups in total. The number of nitrogens with one attached hydrogen (secondary N) is 1. The fourth-order valence-corrected chi connectivity index (χ4v) is 4.38. The second kappa shape index (κ2) is 8.53. The Morgan fingerprint density at radius 1 is 1.03 bits per heavy atom. The van der Waals surface area contributed by atoms with Crippen molar-refractivity contribution in [2.75, 3.05) is 18.7 Å². The summed E-state index contributed by atoms with van der Waals surface area (Å²) in [5.41, 5.74) is 4.92. The van der Waals surface area contributed by atoms with Gasteiger partial charge in [0.15, 0.2) is 9.84 Å². The number of sulfone groups is 1. The molecule has 0 aliphatic rings. The molecule has 31 heavy (non-hydrogen) atoms. The minimum atomic E-state index is -3.14. The third kappa shape index (κ3) is 4.95. The fourth-order valence-electron chi connectivity index (χ4n) is 3.36. The summed E-state index contributed by atoms with van der Waals surface area (Å²) < 4.78 is 28.5. The predicted molar refractivity (Wildman–Crippen MR) is 125 cm³/mol. The molecule has 0 fully saturated rings. The topological polar surface area (TPSA) is 81.2 Å². The molecule has 0 atom stereocenters. The van der Waals surface area contributed by atoms with Crippen molar-refractivity contribution in [1.29, 1.82) is 0 Å². The molecule has 0 spiro atoms. The van der Waals surface area contributed by atoms with Gasteiger partial charge in [0.2, 0.25) is 0 Å². The van der Waals surface area contributed by atoms with Gasteiger partial charge in [-0.2, -0.15) is 0 Å². The van der Waals surface area contributed by atoms with Gasteiger partial charge in [0, 0.05) is 47.2 Å². The van der Waals surface area contributed by atoms with Crippen molar-refractivity contribution in [3.05, 3.63) is 77.7 Å². The van der Waals surface area contributed by atoms with E-state index in [4.69, 9.17) is 16.3 Å². The first kappa shape index (κ1) is 21.1. The number of ether oxygens (including phenoxy) is 1. The Morgan fingerprint density at radius 3 is 2.61 bits per heavy atom. The van der Waals surface area contributed by atoms with Gasteiger partial charge in [-0.1, -0.05) is 17.7 Å². The maximum absolute atomic E-state index is 11.6. The van der Waals surface area contributed by atoms with Crippen LogP contribution in [0.3, 0.4) is 0 Å². The van der Waals surface area contributed by atoms with Gasteiger partial charge in [0.25, 0.3) is 0 Å². The normalized spacial score (nSPS) is 11.5. The van der Waals surface area contributed by atoms with Crippen LogP contribution in [0.4, 0.5) is 11.4 Å². The van der Waals surface area contributed by atoms with Crippen LogP contribution >= 0.6 is 11.6 Å². The third-order valence-corrected chi connectivity index (χ3v) is 5.88. The Hall–Kier alpha value is -3.16. The molecule has 6 nitrogen and oxygen atoms in total. The second-order valence-corrected chi connectivity index (χ2v) is 9.76. The molecule has 8 heteroatoms. The Labute approximate surface area is 185 Å². The number of hydrogen-bond acceptors (Lipinski definition) is 6. The summed E-state index contributed by atoms with van der Waals surface area (Å²) >= 11 is 6.25. The van der Waals surface area contributed by atoms with E-state index in [0.717, 1.165) is 33.4 Å². The molecular weight excluding hydrogens is 434 g/mol. The molecule has 0 bridgehead atoms. The van der Waals surface area contributed by atoms with Crippen LogP contribution in [0.25, 0.3) is 22.0 Å². The van der Waals surface area contributed by atoms with E-state index in [1.54, 1.807) is 37.8 Å². The van der Waals surface area contributed by atoms with Crippen molar-refractivity contribution in [3.63, 3.8) is 0 Å². The lowest BCUT2D eigenvalue weighted by molar-refractivity contribution is 0.415. The summed E-state index contributed by atoms with van der Waals surface area (Å²) in [7, 11) is -1.57. The van der Waals surface area contributed by atoms with E-state index in [0.29, 0.717) is 16.3 Å². The molecule has 0 aliphatic carbocycles. The number of aromatic nitrogens is 2. The smallest absolute Gasteiger partial charge is 0.151 e. The van der Waals surface area contributed by atoms with Gasteiger partial charge < -0.3 is 10.1 Å². The van der Waals surface area contributed by atoms with Crippen molar-refractivity contribution in [2.45, 2.75) is 5.75 Å². The molecule has 4 aromatic rings. The number of pyridine rings is 2. The van der Waals surface area contributed by atoms with Gasteiger partial charge in [-0.3, -0.25) is 9.97 Å². The standard InChI is InChI=1S/C23H20ClN3O3S/c1-30-23-6-4-18(11-20(23)24)27-22-7-8-26-21-5-3-16(10-19(21)22)17-9-15(12-25-13-17)14-31(2,28)29/h3-13H,14H2,1-2H3,(H,26,27). The van der Waals surface area contributed by atoms with Crippen LogP contribution in [0.15, 0.2) is 67.1 Å². The largest absolute Gasteiger partial charge is 0.495 e. The molecule has 0 aliphatic heterocycles. The Bertz CT molecular complexity index is 1370. The average Bonchev–Trinajstić information content (AvgIpc) is 2.73. The molecule has 2 aromatic carbocycles. The van der Waals surface area contributed by atoms with E-state index in [1.807, 2.05) is 36.4 Å². The summed E-state index contributed by atoms with van der Waals surface area (Å²) in [4.78, 5) is 8.67. The molecule has 4 rings (SSSR count). The number of halogens is 1. The zero-order valence-electron chi connectivity index (χ0n) is 17.0. The van der Waals surface area contributed by atoms with Gasteiger partial charge in [-0.25, -0.2) is 8.42 Å². The summed E-state index contributed by atoms with van der Waals surface area (Å²) in [6.45, 7) is 0. The maximum atomic E-state index is 11.6. The van der Waals surface area contributed by atoms with Gasteiger partial charge in [0.05, 0.1) is 23.4 Å². The molecular formula is C23H20ClN3O3S. The Kier molecular flexibility index (Phi) is 5.80. The van der Waals surface area contributed by atoms with E-state index in [9.17, 15) is 8.42 Å². The number of rotatable bonds is 6. The van der Waals surface area contributed by atoms with Crippen LogP contribution in [0, 0.1) is 0 Å². The number of nitrogens with zero attached hydrogens (tertiary/aromatic N) is 2. The molecule has 0 radical (unpaired) electrons. The van der Waals surface area contributed by atoms with Gasteiger partial charge in [-0.05, 0) is 53.6 Å². The number of hydrogen-bond donors (Lipinski definition) is 1. The molecule has 158 valence electrons. The first-order valence-corrected chi connectivity index (χ1v) is 11.9. The average molecular weight is 454 g/mol. The zero-order valence-corrected chi connectivity index (χ0v) is 18.5. The molecule has 2 heterocycles. The summed E-state index contributed by atoms with van der Waals surface area (Å²) in [6, 6.07) is 15.1. The van der Waals surface area contributed by atoms with Crippen LogP contribution in [-0.2, 0) is 15.6 Å². The Balaban J connectivity index is 1.73. The van der Waals surface area contributed by atoms with Crippen LogP contribution in [-0.4, -0.2) is 31.8 Å². The first-order chi connectivity index (χ1) is 14.8. The molecule has 0 saturated carbocycles. The highest BCUT2D eigenvalue weighted by Gasteiger charge is 2.10. The lowest BCUT2D eigenvalue weighted by Crippen LogP contribution is -2.01. The lowest BCUT2D eigenvalue weighted by Gasteiger charge is -2.12. The predicted octanol–water partition coefficient (Wildman–Crippen LogP) is 5.25. The SMILES string of the molecule is COc1ccc(Nc2ccnc3ccc(-c4cncc(CS(C)(=O)=O)c4)cc23)cc1Cl. The fraction of sp³-hybridized carbons (Fsp3) is 0.130. The Morgan fingerprint density at radius 2 is 1.87 bits per heavy atom. The monoisotopic (exact) mass is 453 g/mol. The number of benzene rings is 2. The van der Waals surface area contributed by atoms with Crippen molar-refractivity contribution < 1.29 is 13.2 Å². The molecule has 2 aromatic heterocycles. The van der Waals surface area contributed by atoms with E-state index in [1.165, 1.54) is 6.26 Å². The zero-order chi connectivity index (χ0) is 22.0. The van der Waals surface area contributed by atoms with Crippen LogP contribution in [0.2, 0.25) is 5.02 Å². The quantitative estimate of drug-likeness (QED) is 0.429. The molecule has 0 unspecified atom stereocenters. The highest BCUT2D eigenvalue weighted by molar-refractivity contribution is 7.89. The van der Waals surface area contributed by atoms with Crippen molar-refractivity contribution in [3.8, 4) is 16.9 Å². The third-order valence-electron chi connectivity index (χ3n) is 4.73. The highest BCUT2D eigenvalue weighted by Crippen LogP contribution is 2.32. The van der Waals surface area contributed by atoms with Crippen LogP contribution < -0.4 is 10.1 Å². The number of methoxy groups -OCH3 is 1. The van der Waals surface area contributed by atoms with Crippen LogP contribution in [0.1, 0.15) is 5.56 Å². The summed E-state index contributed by atoms with van der Waals surface area (Å²) in [6.07, 6.45) is 6.25. The van der Waals surface area contributed by atoms with E-state index < -0.39 is 9.84 Å². The first-order valence-electron chi connectivity index (χ1n) is 9.44. The maximum Gasteiger partial charge on any atom is 0.151 e. The number of fused-ring (bicyclic) bond motifs is 1. The van der Waals surface area contributed by atoms with E-state index >= 15 is 0 Å². The van der Waals surface area contributed by atoms with Gasteiger partial charge in [0.1, 0.15) is 5.75 Å². The lowest BCUT2D eigenvalue weighted by atomic mass is 10.0. The van der Waals surface area contributed by atoms with E-state index in [-0.39, 0.29) is 5.75 Å². The highest BCUT2D eigenvalue weighted by atomic mass is 35.5. The van der Waals surface area contributed by atoms with E-state index in [2.05, 4.69) is 15.3 Å². The van der Waals surface area contributed by atoms with Crippen molar-refractivity contribution in [2.24, 2.45) is 0 Å². The van der Waals surface area contributed by atoms with Gasteiger partial charge >= 0.3 is 0 Å². The van der Waals surface area contributed by atoms with Crippen LogP contribution in [0.5, 0.6) is 5.75 Å². The minimum Gasteiger partial charge on any atom is -0.495 e. The van der Waals surface area contributed by atoms with Crippen molar-refractivity contribution >= 4 is 43.7 Å². The van der Waals surface area contributed by atoms with Gasteiger partial charge in [-0.15, -0.1) is 0 Å². The molecule has 0 amide bonds. The second-order valence-electron chi connectivity index (χ2n) is 7.22. The minimum absolute atomic E-state index is 0.0476. The number of anilines is 2. The molecule has 0 saturated heterocycles.